The summed E-state index contributed by atoms with van der Waals surface area (Å²) in [6, 6.07) is 8.10. The van der Waals surface area contributed by atoms with Gasteiger partial charge in [-0.2, -0.15) is 21.6 Å². The summed E-state index contributed by atoms with van der Waals surface area (Å²) in [6.45, 7) is 9.55. The second-order valence-corrected chi connectivity index (χ2v) is 12.1. The molecule has 0 atom stereocenters. The van der Waals surface area contributed by atoms with Gasteiger partial charge in [0, 0.05) is 22.4 Å². The van der Waals surface area contributed by atoms with Crippen LogP contribution in [0.3, 0.4) is 0 Å². The molecular formula is C24H30F3N5O4S. The average Bonchev–Trinajstić information content (AvgIpc) is 3.18. The summed E-state index contributed by atoms with van der Waals surface area (Å²) in [5.74, 6) is 0.0935. The molecule has 0 aliphatic rings. The number of aromatic hydroxyl groups is 1. The Kier molecular flexibility index (Phi) is 7.16. The Morgan fingerprint density at radius 2 is 1.51 bits per heavy atom. The van der Waals surface area contributed by atoms with Gasteiger partial charge >= 0.3 is 16.5 Å². The number of rotatable bonds is 6. The van der Waals surface area contributed by atoms with Crippen LogP contribution in [0.2, 0.25) is 0 Å². The van der Waals surface area contributed by atoms with Crippen LogP contribution in [0, 0.1) is 0 Å². The molecule has 37 heavy (non-hydrogen) atoms. The Morgan fingerprint density at radius 1 is 1.00 bits per heavy atom. The van der Waals surface area contributed by atoms with E-state index in [1.165, 1.54) is 18.3 Å². The first-order chi connectivity index (χ1) is 16.8. The van der Waals surface area contributed by atoms with Crippen LogP contribution in [-0.4, -0.2) is 41.4 Å². The number of hydrogen-bond donors (Lipinski definition) is 2. The van der Waals surface area contributed by atoms with Crippen molar-refractivity contribution in [3.05, 3.63) is 53.7 Å². The highest BCUT2D eigenvalue weighted by molar-refractivity contribution is 7.88. The highest BCUT2D eigenvalue weighted by Gasteiger charge is 2.39. The molecule has 13 heteroatoms. The number of nitrogens with zero attached hydrogens (tertiary/aromatic N) is 4. The third-order valence-corrected chi connectivity index (χ3v) is 6.69. The minimum absolute atomic E-state index is 0.0591. The standard InChI is InChI=1S/C24H30F3N5O4S/c1-22(2,3)18-11-15(12-19(21(18)33)23(4,5)6)20-13-29-30-32(20)36-37(34,35)31(14-24(25,26)27)17-9-7-16(28)8-10-17/h7-13,33H,14,28H2,1-6H3. The zero-order valence-electron chi connectivity index (χ0n) is 21.3. The van der Waals surface area contributed by atoms with Crippen molar-refractivity contribution in [2.45, 2.75) is 58.5 Å². The first-order valence-corrected chi connectivity index (χ1v) is 12.6. The highest BCUT2D eigenvalue weighted by atomic mass is 32.2. The number of anilines is 2. The van der Waals surface area contributed by atoms with Gasteiger partial charge in [0.05, 0.1) is 11.9 Å². The molecular weight excluding hydrogens is 511 g/mol. The second kappa shape index (κ2) is 9.43. The minimum Gasteiger partial charge on any atom is -0.507 e. The maximum absolute atomic E-state index is 13.3. The Labute approximate surface area is 213 Å². The molecule has 0 bridgehead atoms. The molecule has 0 unspecified atom stereocenters. The van der Waals surface area contributed by atoms with Crippen molar-refractivity contribution < 1.29 is 31.0 Å². The summed E-state index contributed by atoms with van der Waals surface area (Å²) >= 11 is 0. The SMILES string of the molecule is CC(C)(C)c1cc(-c2cnnn2OS(=O)(=O)N(CC(F)(F)F)c2ccc(N)cc2)cc(C(C)(C)C)c1O. The number of nitrogen functional groups attached to an aromatic ring is 1. The van der Waals surface area contributed by atoms with Crippen molar-refractivity contribution in [1.82, 2.24) is 15.2 Å². The lowest BCUT2D eigenvalue weighted by molar-refractivity contribution is -0.117. The largest absolute Gasteiger partial charge is 0.507 e. The third-order valence-electron chi connectivity index (χ3n) is 5.48. The zero-order chi connectivity index (χ0) is 28.0. The monoisotopic (exact) mass is 541 g/mol. The van der Waals surface area contributed by atoms with Gasteiger partial charge in [0.1, 0.15) is 18.0 Å². The van der Waals surface area contributed by atoms with Gasteiger partial charge in [-0.25, -0.2) is 4.31 Å². The van der Waals surface area contributed by atoms with E-state index >= 15 is 0 Å². The molecule has 1 aromatic heterocycles. The predicted octanol–water partition coefficient (Wildman–Crippen LogP) is 4.57. The molecule has 1 heterocycles. The van der Waals surface area contributed by atoms with Crippen LogP contribution in [0.15, 0.2) is 42.6 Å². The average molecular weight is 542 g/mol. The quantitative estimate of drug-likeness (QED) is 0.438. The fourth-order valence-corrected chi connectivity index (χ4v) is 4.68. The number of halogens is 3. The molecule has 0 radical (unpaired) electrons. The summed E-state index contributed by atoms with van der Waals surface area (Å²) in [5.41, 5.74) is 6.15. The molecule has 3 N–H and O–H groups in total. The summed E-state index contributed by atoms with van der Waals surface area (Å²) in [4.78, 5) is 0.543. The first kappa shape index (κ1) is 28.1. The Hall–Kier alpha value is -3.48. The molecule has 3 rings (SSSR count). The van der Waals surface area contributed by atoms with Crippen LogP contribution in [0.1, 0.15) is 52.7 Å². The summed E-state index contributed by atoms with van der Waals surface area (Å²) in [7, 11) is -5.08. The summed E-state index contributed by atoms with van der Waals surface area (Å²) < 4.78 is 71.3. The van der Waals surface area contributed by atoms with Gasteiger partial charge in [0.15, 0.2) is 0 Å². The van der Waals surface area contributed by atoms with Gasteiger partial charge in [-0.1, -0.05) is 46.4 Å². The maximum Gasteiger partial charge on any atom is 0.429 e. The number of phenolic OH excluding ortho intramolecular Hbond substituents is 1. The van der Waals surface area contributed by atoms with E-state index in [9.17, 15) is 26.7 Å². The van der Waals surface area contributed by atoms with Gasteiger partial charge < -0.3 is 10.8 Å². The van der Waals surface area contributed by atoms with Crippen molar-refractivity contribution >= 4 is 21.7 Å². The van der Waals surface area contributed by atoms with E-state index in [2.05, 4.69) is 10.3 Å². The van der Waals surface area contributed by atoms with Gasteiger partial charge in [0.2, 0.25) is 0 Å². The molecule has 202 valence electrons. The van der Waals surface area contributed by atoms with Gasteiger partial charge in [0.25, 0.3) is 0 Å². The van der Waals surface area contributed by atoms with Crippen molar-refractivity contribution in [3.63, 3.8) is 0 Å². The van der Waals surface area contributed by atoms with Crippen LogP contribution >= 0.6 is 0 Å². The topological polar surface area (TPSA) is 124 Å². The number of alkyl halides is 3. The van der Waals surface area contributed by atoms with E-state index in [0.29, 0.717) is 21.5 Å². The molecule has 9 nitrogen and oxygen atoms in total. The second-order valence-electron chi connectivity index (χ2n) is 10.7. The van der Waals surface area contributed by atoms with Gasteiger partial charge in [-0.3, -0.25) is 4.28 Å². The fourth-order valence-electron chi connectivity index (χ4n) is 3.62. The van der Waals surface area contributed by atoms with E-state index in [1.54, 1.807) is 12.1 Å². The number of phenols is 1. The summed E-state index contributed by atoms with van der Waals surface area (Å²) in [5, 5.41) is 18.3. The van der Waals surface area contributed by atoms with Crippen LogP contribution in [-0.2, 0) is 21.1 Å². The predicted molar refractivity (Wildman–Crippen MR) is 134 cm³/mol. The number of aromatic nitrogens is 3. The van der Waals surface area contributed by atoms with Crippen molar-refractivity contribution in [2.75, 3.05) is 16.6 Å². The molecule has 0 fully saturated rings. The number of benzene rings is 2. The van der Waals surface area contributed by atoms with Crippen LogP contribution in [0.25, 0.3) is 11.3 Å². The van der Waals surface area contributed by atoms with Crippen LogP contribution in [0.5, 0.6) is 5.75 Å². The van der Waals surface area contributed by atoms with Gasteiger partial charge in [-0.05, 0) is 52.4 Å². The third kappa shape index (κ3) is 6.45. The lowest BCUT2D eigenvalue weighted by Gasteiger charge is -2.28. The molecule has 3 aromatic rings. The highest BCUT2D eigenvalue weighted by Crippen LogP contribution is 2.41. The Morgan fingerprint density at radius 3 is 1.97 bits per heavy atom. The lowest BCUT2D eigenvalue weighted by Crippen LogP contribution is -2.43. The minimum atomic E-state index is -5.08. The fraction of sp³-hybridized carbons (Fsp3) is 0.417. The van der Waals surface area contributed by atoms with Crippen molar-refractivity contribution in [3.8, 4) is 17.0 Å². The molecule has 0 saturated heterocycles. The van der Waals surface area contributed by atoms with E-state index in [4.69, 9.17) is 10.0 Å². The van der Waals surface area contributed by atoms with Crippen LogP contribution < -0.4 is 14.3 Å². The Bertz CT molecular complexity index is 1340. The Balaban J connectivity index is 2.12. The molecule has 0 amide bonds. The lowest BCUT2D eigenvalue weighted by atomic mass is 9.78. The van der Waals surface area contributed by atoms with Gasteiger partial charge in [-0.15, -0.1) is 5.10 Å². The molecule has 0 spiro atoms. The van der Waals surface area contributed by atoms with Crippen LogP contribution in [0.4, 0.5) is 24.5 Å². The van der Waals surface area contributed by atoms with E-state index in [-0.39, 0.29) is 27.1 Å². The number of nitrogens with two attached hydrogens (primary N) is 1. The van der Waals surface area contributed by atoms with Crippen molar-refractivity contribution in [1.29, 1.82) is 0 Å². The smallest absolute Gasteiger partial charge is 0.429 e. The molecule has 0 aliphatic carbocycles. The normalized spacial score (nSPS) is 13.0. The molecule has 2 aromatic carbocycles. The van der Waals surface area contributed by atoms with E-state index in [1.807, 2.05) is 41.5 Å². The maximum atomic E-state index is 13.3. The van der Waals surface area contributed by atoms with Crippen molar-refractivity contribution in [2.24, 2.45) is 0 Å². The summed E-state index contributed by atoms with van der Waals surface area (Å²) in [6.07, 6.45) is -3.65. The first-order valence-electron chi connectivity index (χ1n) is 11.2. The molecule has 0 saturated carbocycles. The van der Waals surface area contributed by atoms with E-state index < -0.39 is 33.9 Å². The number of hydrogen-bond acceptors (Lipinski definition) is 7. The zero-order valence-corrected chi connectivity index (χ0v) is 22.1. The molecule has 0 aliphatic heterocycles. The van der Waals surface area contributed by atoms with E-state index in [0.717, 1.165) is 12.1 Å².